The van der Waals surface area contributed by atoms with E-state index < -0.39 is 5.67 Å². The summed E-state index contributed by atoms with van der Waals surface area (Å²) in [6.45, 7) is 13.4. The molecule has 0 spiro atoms. The van der Waals surface area contributed by atoms with Crippen molar-refractivity contribution in [2.75, 3.05) is 6.54 Å². The van der Waals surface area contributed by atoms with Crippen molar-refractivity contribution in [1.82, 2.24) is 5.32 Å². The van der Waals surface area contributed by atoms with Gasteiger partial charge >= 0.3 is 0 Å². The fourth-order valence-corrected chi connectivity index (χ4v) is 1.28. The maximum Gasteiger partial charge on any atom is 0.109 e. The summed E-state index contributed by atoms with van der Waals surface area (Å²) in [6, 6.07) is 0. The molecule has 0 aliphatic carbocycles. The zero-order valence-corrected chi connectivity index (χ0v) is 11.2. The van der Waals surface area contributed by atoms with Crippen molar-refractivity contribution in [1.29, 1.82) is 0 Å². The molecule has 0 aliphatic rings. The van der Waals surface area contributed by atoms with Crippen molar-refractivity contribution in [3.63, 3.8) is 0 Å². The van der Waals surface area contributed by atoms with Gasteiger partial charge in [-0.25, -0.2) is 4.39 Å². The summed E-state index contributed by atoms with van der Waals surface area (Å²) in [4.78, 5) is 0. The highest BCUT2D eigenvalue weighted by Crippen LogP contribution is 2.15. The van der Waals surface area contributed by atoms with Crippen molar-refractivity contribution in [2.45, 2.75) is 39.3 Å². The fourth-order valence-electron chi connectivity index (χ4n) is 1.28. The van der Waals surface area contributed by atoms with Crippen molar-refractivity contribution in [3.8, 4) is 0 Å². The minimum Gasteiger partial charge on any atom is -0.389 e. The Morgan fingerprint density at radius 1 is 1.41 bits per heavy atom. The van der Waals surface area contributed by atoms with Crippen LogP contribution in [0, 0.1) is 0 Å². The molecule has 0 rings (SSSR count). The van der Waals surface area contributed by atoms with Crippen LogP contribution < -0.4 is 5.32 Å². The number of halogens is 1. The maximum absolute atomic E-state index is 13.3. The molecular formula is C15H24FN. The van der Waals surface area contributed by atoms with E-state index in [4.69, 9.17) is 0 Å². The SMILES string of the molecule is C=C/C=C(\C=C/CC(C)(C)F)CCNC(=C)C. The smallest absolute Gasteiger partial charge is 0.109 e. The van der Waals surface area contributed by atoms with E-state index in [-0.39, 0.29) is 0 Å². The average molecular weight is 237 g/mol. The Balaban J connectivity index is 4.21. The Morgan fingerprint density at radius 2 is 2.06 bits per heavy atom. The molecule has 17 heavy (non-hydrogen) atoms. The molecule has 0 heterocycles. The summed E-state index contributed by atoms with van der Waals surface area (Å²) >= 11 is 0. The van der Waals surface area contributed by atoms with Crippen LogP contribution in [0.25, 0.3) is 0 Å². The zero-order valence-electron chi connectivity index (χ0n) is 11.2. The predicted octanol–water partition coefficient (Wildman–Crippen LogP) is 4.31. The van der Waals surface area contributed by atoms with E-state index in [1.54, 1.807) is 19.9 Å². The summed E-state index contributed by atoms with van der Waals surface area (Å²) < 4.78 is 13.3. The average Bonchev–Trinajstić information content (AvgIpc) is 2.15. The van der Waals surface area contributed by atoms with E-state index in [0.29, 0.717) is 6.42 Å². The Hall–Kier alpha value is -1.31. The van der Waals surface area contributed by atoms with Gasteiger partial charge in [0, 0.05) is 12.2 Å². The highest BCUT2D eigenvalue weighted by atomic mass is 19.1. The van der Waals surface area contributed by atoms with Gasteiger partial charge in [-0.3, -0.25) is 0 Å². The summed E-state index contributed by atoms with van der Waals surface area (Å²) in [5.74, 6) is 0. The highest BCUT2D eigenvalue weighted by Gasteiger charge is 2.11. The van der Waals surface area contributed by atoms with Crippen molar-refractivity contribution in [2.24, 2.45) is 0 Å². The third-order valence-electron chi connectivity index (χ3n) is 2.11. The number of hydrogen-bond acceptors (Lipinski definition) is 1. The summed E-state index contributed by atoms with van der Waals surface area (Å²) in [7, 11) is 0. The van der Waals surface area contributed by atoms with Crippen LogP contribution in [0.4, 0.5) is 4.39 Å². The van der Waals surface area contributed by atoms with E-state index in [1.165, 1.54) is 0 Å². The first-order valence-corrected chi connectivity index (χ1v) is 5.91. The van der Waals surface area contributed by atoms with E-state index in [2.05, 4.69) is 18.5 Å². The van der Waals surface area contributed by atoms with E-state index in [1.807, 2.05) is 25.2 Å². The standard InChI is InChI=1S/C15H24FN/c1-6-8-14(10-12-17-13(2)3)9-7-11-15(4,5)16/h6-9,17H,1-2,10-12H2,3-5H3/b9-7-,14-8+. The van der Waals surface area contributed by atoms with Gasteiger partial charge in [0.15, 0.2) is 0 Å². The molecular weight excluding hydrogens is 213 g/mol. The summed E-state index contributed by atoms with van der Waals surface area (Å²) in [5, 5.41) is 3.16. The van der Waals surface area contributed by atoms with Crippen LogP contribution in [0.15, 0.2) is 48.7 Å². The van der Waals surface area contributed by atoms with Gasteiger partial charge in [0.25, 0.3) is 0 Å². The van der Waals surface area contributed by atoms with Crippen LogP contribution in [0.2, 0.25) is 0 Å². The van der Waals surface area contributed by atoms with Gasteiger partial charge in [-0.15, -0.1) is 0 Å². The molecule has 0 unspecified atom stereocenters. The Morgan fingerprint density at radius 3 is 2.53 bits per heavy atom. The Bertz CT molecular complexity index is 305. The lowest BCUT2D eigenvalue weighted by molar-refractivity contribution is 0.221. The third kappa shape index (κ3) is 11.0. The van der Waals surface area contributed by atoms with Crippen LogP contribution in [-0.2, 0) is 0 Å². The van der Waals surface area contributed by atoms with Gasteiger partial charge in [0.1, 0.15) is 5.67 Å². The minimum absolute atomic E-state index is 0.426. The second-order valence-corrected chi connectivity index (χ2v) is 4.76. The highest BCUT2D eigenvalue weighted by molar-refractivity contribution is 5.23. The second-order valence-electron chi connectivity index (χ2n) is 4.76. The van der Waals surface area contributed by atoms with E-state index >= 15 is 0 Å². The van der Waals surface area contributed by atoms with Crippen molar-refractivity contribution in [3.05, 3.63) is 48.7 Å². The molecule has 0 saturated carbocycles. The lowest BCUT2D eigenvalue weighted by atomic mass is 10.1. The monoisotopic (exact) mass is 237 g/mol. The van der Waals surface area contributed by atoms with E-state index in [0.717, 1.165) is 24.2 Å². The van der Waals surface area contributed by atoms with Crippen LogP contribution in [-0.4, -0.2) is 12.2 Å². The quantitative estimate of drug-likeness (QED) is 0.620. The number of rotatable bonds is 8. The molecule has 0 aromatic carbocycles. The molecule has 0 amide bonds. The summed E-state index contributed by atoms with van der Waals surface area (Å²) in [6.07, 6.45) is 8.83. The van der Waals surface area contributed by atoms with Gasteiger partial charge < -0.3 is 5.32 Å². The third-order valence-corrected chi connectivity index (χ3v) is 2.11. The van der Waals surface area contributed by atoms with Crippen LogP contribution >= 0.6 is 0 Å². The number of nitrogens with one attached hydrogen (secondary N) is 1. The largest absolute Gasteiger partial charge is 0.389 e. The van der Waals surface area contributed by atoms with E-state index in [9.17, 15) is 4.39 Å². The molecule has 0 aliphatic heterocycles. The topological polar surface area (TPSA) is 12.0 Å². The summed E-state index contributed by atoms with van der Waals surface area (Å²) in [5.41, 5.74) is 0.945. The number of alkyl halides is 1. The van der Waals surface area contributed by atoms with Gasteiger partial charge in [-0.05, 0) is 39.2 Å². The molecule has 1 nitrogen and oxygen atoms in total. The molecule has 1 N–H and O–H groups in total. The Kier molecular flexibility index (Phi) is 7.27. The van der Waals surface area contributed by atoms with Crippen molar-refractivity contribution < 1.29 is 4.39 Å². The number of hydrogen-bond donors (Lipinski definition) is 1. The Labute approximate surface area is 105 Å². The zero-order chi connectivity index (χ0) is 13.3. The molecule has 0 aromatic heterocycles. The first-order valence-electron chi connectivity index (χ1n) is 5.91. The molecule has 2 heteroatoms. The van der Waals surface area contributed by atoms with Crippen LogP contribution in [0.1, 0.15) is 33.6 Å². The molecule has 0 saturated heterocycles. The first-order chi connectivity index (χ1) is 7.85. The fraction of sp³-hybridized carbons (Fsp3) is 0.467. The van der Waals surface area contributed by atoms with Gasteiger partial charge in [0.2, 0.25) is 0 Å². The normalized spacial score (nSPS) is 12.8. The van der Waals surface area contributed by atoms with Gasteiger partial charge in [-0.2, -0.15) is 0 Å². The van der Waals surface area contributed by atoms with Crippen LogP contribution in [0.3, 0.4) is 0 Å². The van der Waals surface area contributed by atoms with Gasteiger partial charge in [-0.1, -0.05) is 37.5 Å². The maximum atomic E-state index is 13.3. The molecule has 0 bridgehead atoms. The molecule has 96 valence electrons. The lowest BCUT2D eigenvalue weighted by Crippen LogP contribution is -2.12. The molecule has 0 radical (unpaired) electrons. The molecule has 0 fully saturated rings. The second kappa shape index (κ2) is 7.88. The molecule has 0 atom stereocenters. The minimum atomic E-state index is -1.15. The predicted molar refractivity (Wildman–Crippen MR) is 74.7 cm³/mol. The lowest BCUT2D eigenvalue weighted by Gasteiger charge is -2.10. The van der Waals surface area contributed by atoms with Gasteiger partial charge in [0.05, 0.1) is 0 Å². The van der Waals surface area contributed by atoms with Crippen molar-refractivity contribution >= 4 is 0 Å². The van der Waals surface area contributed by atoms with Crippen LogP contribution in [0.5, 0.6) is 0 Å². The molecule has 0 aromatic rings. The number of allylic oxidation sites excluding steroid dienone is 5. The first kappa shape index (κ1) is 15.7.